The van der Waals surface area contributed by atoms with E-state index < -0.39 is 0 Å². The lowest BCUT2D eigenvalue weighted by Crippen LogP contribution is -1.95. The molecule has 0 heterocycles. The van der Waals surface area contributed by atoms with Gasteiger partial charge in [0.2, 0.25) is 0 Å². The van der Waals surface area contributed by atoms with Crippen molar-refractivity contribution in [2.75, 3.05) is 0 Å². The number of benzene rings is 12. The molecular weight excluding hydrogens is 753 g/mol. The zero-order chi connectivity index (χ0) is 41.3. The van der Waals surface area contributed by atoms with Gasteiger partial charge in [-0.3, -0.25) is 0 Å². The average molecular weight is 791 g/mol. The Labute approximate surface area is 358 Å². The second-order valence-electron chi connectivity index (χ2n) is 16.2. The maximum absolute atomic E-state index is 13.2. The number of phenols is 2. The van der Waals surface area contributed by atoms with Crippen LogP contribution in [0.3, 0.4) is 0 Å². The molecule has 2 heteroatoms. The van der Waals surface area contributed by atoms with Crippen molar-refractivity contribution < 1.29 is 10.2 Å². The van der Waals surface area contributed by atoms with Crippen LogP contribution >= 0.6 is 0 Å². The second-order valence-corrected chi connectivity index (χ2v) is 16.2. The van der Waals surface area contributed by atoms with Gasteiger partial charge in [-0.05, 0) is 99.0 Å². The third kappa shape index (κ3) is 5.37. The van der Waals surface area contributed by atoms with Gasteiger partial charge in [-0.1, -0.05) is 206 Å². The summed E-state index contributed by atoms with van der Waals surface area (Å²) in [7, 11) is 0. The summed E-state index contributed by atoms with van der Waals surface area (Å²) in [4.78, 5) is 0. The molecule has 12 aromatic carbocycles. The molecule has 0 unspecified atom stereocenters. The van der Waals surface area contributed by atoms with Crippen LogP contribution in [-0.4, -0.2) is 10.2 Å². The minimum Gasteiger partial charge on any atom is -0.507 e. The van der Waals surface area contributed by atoms with Crippen LogP contribution in [0.4, 0.5) is 0 Å². The normalized spacial score (nSPS) is 11.7. The van der Waals surface area contributed by atoms with Gasteiger partial charge in [0.1, 0.15) is 11.5 Å². The Morgan fingerprint density at radius 1 is 0.210 bits per heavy atom. The van der Waals surface area contributed by atoms with Crippen molar-refractivity contribution in [1.82, 2.24) is 0 Å². The van der Waals surface area contributed by atoms with Gasteiger partial charge in [-0.2, -0.15) is 0 Å². The first-order chi connectivity index (χ1) is 30.7. The lowest BCUT2D eigenvalue weighted by atomic mass is 9.81. The van der Waals surface area contributed by atoms with Gasteiger partial charge in [0.15, 0.2) is 0 Å². The van der Waals surface area contributed by atoms with E-state index in [1.807, 2.05) is 24.3 Å². The van der Waals surface area contributed by atoms with Crippen LogP contribution in [0.1, 0.15) is 0 Å². The predicted molar refractivity (Wildman–Crippen MR) is 262 cm³/mol. The molecule has 12 aromatic rings. The van der Waals surface area contributed by atoms with E-state index in [2.05, 4.69) is 194 Å². The standard InChI is InChI=1S/C60H38O2/c61-59-51(55-47-31-15-11-27-43(47)53(37-19-3-1-4-20-37)44-28-12-16-32-48(44)55)35-39-23-7-9-25-41(39)57(59)58-42-26-10-8-24-40(42)36-52(60(58)62)56-49-33-17-13-29-45(49)54(38-21-5-2-6-22-38)46-30-14-18-34-50(46)56/h1-36,61-62H. The fourth-order valence-electron chi connectivity index (χ4n) is 10.2. The minimum atomic E-state index is 0.123. The number of rotatable bonds is 5. The Balaban J connectivity index is 1.21. The van der Waals surface area contributed by atoms with Crippen LogP contribution in [0.15, 0.2) is 218 Å². The zero-order valence-corrected chi connectivity index (χ0v) is 33.7. The smallest absolute Gasteiger partial charge is 0.132 e. The second kappa shape index (κ2) is 14.2. The molecule has 2 nitrogen and oxygen atoms in total. The Hall–Kier alpha value is -8.20. The molecule has 0 aliphatic heterocycles. The molecule has 0 bridgehead atoms. The van der Waals surface area contributed by atoms with Gasteiger partial charge in [0.25, 0.3) is 0 Å². The monoisotopic (exact) mass is 790 g/mol. The maximum Gasteiger partial charge on any atom is 0.132 e. The molecule has 0 saturated heterocycles. The topological polar surface area (TPSA) is 40.5 Å². The highest BCUT2D eigenvalue weighted by Crippen LogP contribution is 2.55. The summed E-state index contributed by atoms with van der Waals surface area (Å²) in [5.74, 6) is 0.247. The first kappa shape index (κ1) is 35.7. The molecule has 0 radical (unpaired) electrons. The summed E-state index contributed by atoms with van der Waals surface area (Å²) >= 11 is 0. The van der Waals surface area contributed by atoms with Gasteiger partial charge in [-0.15, -0.1) is 0 Å². The van der Waals surface area contributed by atoms with Crippen molar-refractivity contribution in [3.05, 3.63) is 218 Å². The van der Waals surface area contributed by atoms with Gasteiger partial charge < -0.3 is 10.2 Å². The number of hydrogen-bond donors (Lipinski definition) is 2. The first-order valence-electron chi connectivity index (χ1n) is 21.1. The summed E-state index contributed by atoms with van der Waals surface area (Å²) in [6.45, 7) is 0. The molecule has 0 amide bonds. The summed E-state index contributed by atoms with van der Waals surface area (Å²) in [5, 5.41) is 38.7. The van der Waals surface area contributed by atoms with Crippen molar-refractivity contribution in [1.29, 1.82) is 0 Å². The highest BCUT2D eigenvalue weighted by atomic mass is 16.3. The first-order valence-corrected chi connectivity index (χ1v) is 21.1. The van der Waals surface area contributed by atoms with Crippen molar-refractivity contribution in [2.45, 2.75) is 0 Å². The highest BCUT2D eigenvalue weighted by Gasteiger charge is 2.27. The minimum absolute atomic E-state index is 0.123. The third-order valence-electron chi connectivity index (χ3n) is 12.8. The molecule has 0 atom stereocenters. The zero-order valence-electron chi connectivity index (χ0n) is 33.7. The fraction of sp³-hybridized carbons (Fsp3) is 0. The van der Waals surface area contributed by atoms with Crippen LogP contribution in [0, 0.1) is 0 Å². The van der Waals surface area contributed by atoms with Crippen LogP contribution in [0.2, 0.25) is 0 Å². The van der Waals surface area contributed by atoms with Crippen LogP contribution in [-0.2, 0) is 0 Å². The number of fused-ring (bicyclic) bond motifs is 6. The third-order valence-corrected chi connectivity index (χ3v) is 12.8. The lowest BCUT2D eigenvalue weighted by Gasteiger charge is -2.23. The van der Waals surface area contributed by atoms with Crippen molar-refractivity contribution >= 4 is 64.6 Å². The van der Waals surface area contributed by atoms with Crippen molar-refractivity contribution in [2.24, 2.45) is 0 Å². The highest BCUT2D eigenvalue weighted by molar-refractivity contribution is 6.26. The van der Waals surface area contributed by atoms with Crippen LogP contribution in [0.25, 0.3) is 120 Å². The molecule has 0 fully saturated rings. The van der Waals surface area contributed by atoms with Crippen molar-refractivity contribution in [3.63, 3.8) is 0 Å². The SMILES string of the molecule is Oc1c(-c2c3ccccc3c(-c3ccccc3)c3ccccc23)cc2ccccc2c1-c1c(O)c(-c2c3ccccc3c(-c3ccccc3)c3ccccc23)cc2ccccc12. The van der Waals surface area contributed by atoms with Gasteiger partial charge in [0.05, 0.1) is 0 Å². The van der Waals surface area contributed by atoms with E-state index in [0.717, 1.165) is 98.0 Å². The van der Waals surface area contributed by atoms with E-state index in [1.165, 1.54) is 0 Å². The lowest BCUT2D eigenvalue weighted by molar-refractivity contribution is 0.472. The molecule has 0 aliphatic rings. The van der Waals surface area contributed by atoms with E-state index in [1.54, 1.807) is 0 Å². The molecule has 12 rings (SSSR count). The summed E-state index contributed by atoms with van der Waals surface area (Å²) < 4.78 is 0. The Bertz CT molecular complexity index is 3390. The predicted octanol–water partition coefficient (Wildman–Crippen LogP) is 16.4. The Kier molecular flexibility index (Phi) is 8.19. The van der Waals surface area contributed by atoms with E-state index in [9.17, 15) is 10.2 Å². The maximum atomic E-state index is 13.2. The molecule has 290 valence electrons. The number of aromatic hydroxyl groups is 2. The summed E-state index contributed by atoms with van der Waals surface area (Å²) in [6.07, 6.45) is 0. The molecule has 0 saturated carbocycles. The van der Waals surface area contributed by atoms with Crippen LogP contribution in [0.5, 0.6) is 11.5 Å². The van der Waals surface area contributed by atoms with Gasteiger partial charge in [0, 0.05) is 33.4 Å². The summed E-state index contributed by atoms with van der Waals surface area (Å²) in [5.41, 5.74) is 9.13. The largest absolute Gasteiger partial charge is 0.507 e. The van der Waals surface area contributed by atoms with E-state index >= 15 is 0 Å². The molecule has 2 N–H and O–H groups in total. The quantitative estimate of drug-likeness (QED) is 0.171. The molecule has 0 aliphatic carbocycles. The van der Waals surface area contributed by atoms with Crippen LogP contribution < -0.4 is 0 Å². The molecule has 0 spiro atoms. The van der Waals surface area contributed by atoms with Crippen molar-refractivity contribution in [3.8, 4) is 67.1 Å². The molecule has 0 aromatic heterocycles. The van der Waals surface area contributed by atoms with E-state index in [0.29, 0.717) is 22.3 Å². The summed E-state index contributed by atoms with van der Waals surface area (Å²) in [6, 6.07) is 75.9. The number of hydrogen-bond acceptors (Lipinski definition) is 2. The molecule has 62 heavy (non-hydrogen) atoms. The van der Waals surface area contributed by atoms with Gasteiger partial charge in [-0.25, -0.2) is 0 Å². The number of phenolic OH excluding ortho intramolecular Hbond substituents is 2. The fourth-order valence-corrected chi connectivity index (χ4v) is 10.2. The Morgan fingerprint density at radius 2 is 0.452 bits per heavy atom. The average Bonchev–Trinajstić information content (AvgIpc) is 3.33. The van der Waals surface area contributed by atoms with E-state index in [-0.39, 0.29) is 11.5 Å². The molecular formula is C60H38O2. The Morgan fingerprint density at radius 3 is 0.758 bits per heavy atom. The van der Waals surface area contributed by atoms with E-state index in [4.69, 9.17) is 0 Å². The van der Waals surface area contributed by atoms with Gasteiger partial charge >= 0.3 is 0 Å².